The molecule has 2 heterocycles. The van der Waals surface area contributed by atoms with Gasteiger partial charge in [-0.1, -0.05) is 121 Å². The first-order chi connectivity index (χ1) is 20.8. The molecular formula is C40H24O2. The maximum absolute atomic E-state index is 6.74. The predicted octanol–water partition coefficient (Wildman–Crippen LogP) is 11.6. The summed E-state index contributed by atoms with van der Waals surface area (Å²) in [5, 5.41) is 7.93. The van der Waals surface area contributed by atoms with Gasteiger partial charge in [0.1, 0.15) is 11.3 Å². The van der Waals surface area contributed by atoms with E-state index in [9.17, 15) is 0 Å². The van der Waals surface area contributed by atoms with Gasteiger partial charge in [0.15, 0.2) is 11.2 Å². The number of furan rings is 2. The molecule has 0 aliphatic heterocycles. The lowest BCUT2D eigenvalue weighted by atomic mass is 9.87. The van der Waals surface area contributed by atoms with Crippen LogP contribution < -0.4 is 0 Å². The fraction of sp³-hybridized carbons (Fsp3) is 0. The van der Waals surface area contributed by atoms with E-state index in [0.29, 0.717) is 0 Å². The Labute approximate surface area is 242 Å². The fourth-order valence-corrected chi connectivity index (χ4v) is 6.59. The van der Waals surface area contributed by atoms with Crippen LogP contribution in [0.15, 0.2) is 154 Å². The highest BCUT2D eigenvalue weighted by Gasteiger charge is 2.21. The molecule has 0 aliphatic carbocycles. The molecule has 42 heavy (non-hydrogen) atoms. The Morgan fingerprint density at radius 1 is 0.333 bits per heavy atom. The molecule has 0 amide bonds. The van der Waals surface area contributed by atoms with Gasteiger partial charge >= 0.3 is 0 Å². The third-order valence-corrected chi connectivity index (χ3v) is 8.47. The smallest absolute Gasteiger partial charge is 0.178 e. The zero-order valence-corrected chi connectivity index (χ0v) is 22.7. The molecule has 0 atom stereocenters. The van der Waals surface area contributed by atoms with E-state index in [1.54, 1.807) is 0 Å². The van der Waals surface area contributed by atoms with Gasteiger partial charge < -0.3 is 8.83 Å². The van der Waals surface area contributed by atoms with Gasteiger partial charge in [0.05, 0.1) is 0 Å². The summed E-state index contributed by atoms with van der Waals surface area (Å²) in [6.07, 6.45) is 0. The van der Waals surface area contributed by atoms with Crippen LogP contribution in [0, 0.1) is 0 Å². The molecule has 0 unspecified atom stereocenters. The van der Waals surface area contributed by atoms with E-state index in [1.807, 2.05) is 18.2 Å². The Kier molecular flexibility index (Phi) is 4.93. The van der Waals surface area contributed by atoms with Crippen LogP contribution in [0.2, 0.25) is 0 Å². The van der Waals surface area contributed by atoms with E-state index in [4.69, 9.17) is 8.83 Å². The van der Waals surface area contributed by atoms with E-state index < -0.39 is 0 Å². The van der Waals surface area contributed by atoms with Gasteiger partial charge in [-0.05, 0) is 68.1 Å². The van der Waals surface area contributed by atoms with Crippen LogP contribution in [0.3, 0.4) is 0 Å². The minimum Gasteiger partial charge on any atom is -0.452 e. The maximum atomic E-state index is 6.74. The van der Waals surface area contributed by atoms with Gasteiger partial charge in [-0.25, -0.2) is 0 Å². The van der Waals surface area contributed by atoms with Gasteiger partial charge in [0, 0.05) is 21.7 Å². The van der Waals surface area contributed by atoms with Gasteiger partial charge in [0.25, 0.3) is 0 Å². The van der Waals surface area contributed by atoms with E-state index in [2.05, 4.69) is 127 Å². The van der Waals surface area contributed by atoms with Crippen LogP contribution in [0.1, 0.15) is 0 Å². The molecular weight excluding hydrogens is 512 g/mol. The lowest BCUT2D eigenvalue weighted by molar-refractivity contribution is 0.612. The Balaban J connectivity index is 1.34. The zero-order valence-electron chi connectivity index (χ0n) is 22.7. The highest BCUT2D eigenvalue weighted by molar-refractivity contribution is 6.22. The molecule has 0 radical (unpaired) electrons. The van der Waals surface area contributed by atoms with Crippen molar-refractivity contribution >= 4 is 54.5 Å². The van der Waals surface area contributed by atoms with Crippen molar-refractivity contribution in [3.63, 3.8) is 0 Å². The Hall–Kier alpha value is -5.60. The van der Waals surface area contributed by atoms with E-state index in [-0.39, 0.29) is 0 Å². The average molecular weight is 537 g/mol. The first kappa shape index (κ1) is 23.1. The Bertz CT molecular complexity index is 2400. The molecule has 196 valence electrons. The summed E-state index contributed by atoms with van der Waals surface area (Å²) in [6, 6.07) is 51.4. The fourth-order valence-electron chi connectivity index (χ4n) is 6.59. The van der Waals surface area contributed by atoms with Crippen molar-refractivity contribution in [1.82, 2.24) is 0 Å². The zero-order chi connectivity index (χ0) is 27.6. The highest BCUT2D eigenvalue weighted by atomic mass is 16.4. The number of rotatable bonds is 3. The van der Waals surface area contributed by atoms with Crippen molar-refractivity contribution in [3.8, 4) is 33.6 Å². The predicted molar refractivity (Wildman–Crippen MR) is 175 cm³/mol. The molecule has 2 heteroatoms. The molecule has 0 fully saturated rings. The van der Waals surface area contributed by atoms with Crippen LogP contribution in [0.5, 0.6) is 0 Å². The maximum Gasteiger partial charge on any atom is 0.178 e. The number of benzene rings is 7. The standard InChI is InChI=1S/C40H24O2/c1-2-11-25(12-3-1)26-13-10-14-27(23-26)37-30-16-4-6-18-32(30)38(33-19-7-5-17-31(33)37)36-24-28-21-22-34-29-15-8-9-20-35(29)41-40(34)39(28)42-36/h1-24H. The van der Waals surface area contributed by atoms with E-state index >= 15 is 0 Å². The second-order valence-electron chi connectivity index (χ2n) is 10.9. The molecule has 0 spiro atoms. The third kappa shape index (κ3) is 3.39. The van der Waals surface area contributed by atoms with E-state index in [0.717, 1.165) is 55.0 Å². The van der Waals surface area contributed by atoms with Crippen molar-refractivity contribution in [1.29, 1.82) is 0 Å². The van der Waals surface area contributed by atoms with Crippen molar-refractivity contribution in [2.45, 2.75) is 0 Å². The molecule has 0 N–H and O–H groups in total. The van der Waals surface area contributed by atoms with Crippen molar-refractivity contribution in [3.05, 3.63) is 146 Å². The summed E-state index contributed by atoms with van der Waals surface area (Å²) >= 11 is 0. The normalized spacial score (nSPS) is 11.8. The lowest BCUT2D eigenvalue weighted by Crippen LogP contribution is -1.90. The summed E-state index contributed by atoms with van der Waals surface area (Å²) in [6.45, 7) is 0. The van der Waals surface area contributed by atoms with Crippen LogP contribution in [-0.2, 0) is 0 Å². The summed E-state index contributed by atoms with van der Waals surface area (Å²) in [7, 11) is 0. The summed E-state index contributed by atoms with van der Waals surface area (Å²) in [5.41, 5.74) is 8.40. The van der Waals surface area contributed by atoms with Gasteiger partial charge in [0.2, 0.25) is 0 Å². The van der Waals surface area contributed by atoms with Crippen molar-refractivity contribution in [2.24, 2.45) is 0 Å². The average Bonchev–Trinajstić information content (AvgIpc) is 3.66. The number of fused-ring (bicyclic) bond motifs is 7. The Morgan fingerprint density at radius 2 is 0.929 bits per heavy atom. The topological polar surface area (TPSA) is 26.3 Å². The molecule has 9 aromatic rings. The SMILES string of the molecule is c1ccc(-c2cccc(-c3c4ccccc4c(-c4cc5ccc6c7ccccc7oc6c5o4)c4ccccc34)c2)cc1. The summed E-state index contributed by atoms with van der Waals surface area (Å²) in [4.78, 5) is 0. The molecule has 2 nitrogen and oxygen atoms in total. The minimum atomic E-state index is 0.784. The molecule has 2 aromatic heterocycles. The van der Waals surface area contributed by atoms with Crippen LogP contribution in [-0.4, -0.2) is 0 Å². The van der Waals surface area contributed by atoms with Crippen LogP contribution in [0.4, 0.5) is 0 Å². The number of hydrogen-bond acceptors (Lipinski definition) is 2. The minimum absolute atomic E-state index is 0.784. The Morgan fingerprint density at radius 3 is 1.67 bits per heavy atom. The van der Waals surface area contributed by atoms with Gasteiger partial charge in [-0.2, -0.15) is 0 Å². The van der Waals surface area contributed by atoms with Crippen LogP contribution in [0.25, 0.3) is 88.0 Å². The molecule has 7 aromatic carbocycles. The van der Waals surface area contributed by atoms with Crippen molar-refractivity contribution in [2.75, 3.05) is 0 Å². The lowest BCUT2D eigenvalue weighted by Gasteiger charge is -2.17. The molecule has 0 saturated heterocycles. The quantitative estimate of drug-likeness (QED) is 0.210. The van der Waals surface area contributed by atoms with Gasteiger partial charge in [-0.3, -0.25) is 0 Å². The highest BCUT2D eigenvalue weighted by Crippen LogP contribution is 2.46. The monoisotopic (exact) mass is 536 g/mol. The number of hydrogen-bond donors (Lipinski definition) is 0. The second kappa shape index (κ2) is 8.95. The molecule has 9 rings (SSSR count). The molecule has 0 aliphatic rings. The number of para-hydroxylation sites is 1. The largest absolute Gasteiger partial charge is 0.452 e. The van der Waals surface area contributed by atoms with E-state index in [1.165, 1.54) is 33.0 Å². The van der Waals surface area contributed by atoms with Gasteiger partial charge in [-0.15, -0.1) is 0 Å². The first-order valence-electron chi connectivity index (χ1n) is 14.3. The molecule has 0 bridgehead atoms. The summed E-state index contributed by atoms with van der Waals surface area (Å²) < 4.78 is 13.1. The molecule has 0 saturated carbocycles. The summed E-state index contributed by atoms with van der Waals surface area (Å²) in [5.74, 6) is 0.843. The second-order valence-corrected chi connectivity index (χ2v) is 10.9. The van der Waals surface area contributed by atoms with Crippen molar-refractivity contribution < 1.29 is 8.83 Å². The third-order valence-electron chi connectivity index (χ3n) is 8.47. The first-order valence-corrected chi connectivity index (χ1v) is 14.3. The van der Waals surface area contributed by atoms with Crippen LogP contribution >= 0.6 is 0 Å².